The molecule has 19 heavy (non-hydrogen) atoms. The van der Waals surface area contributed by atoms with Gasteiger partial charge in [0.15, 0.2) is 6.29 Å². The molecule has 0 aliphatic carbocycles. The van der Waals surface area contributed by atoms with E-state index in [1.54, 1.807) is 6.92 Å². The van der Waals surface area contributed by atoms with Crippen molar-refractivity contribution in [1.82, 2.24) is 5.32 Å². The van der Waals surface area contributed by atoms with Crippen molar-refractivity contribution in [2.45, 2.75) is 63.4 Å². The van der Waals surface area contributed by atoms with Gasteiger partial charge in [0, 0.05) is 7.11 Å². The van der Waals surface area contributed by atoms with Crippen LogP contribution in [0.1, 0.15) is 27.2 Å². The number of rotatable bonds is 4. The number of carbonyl (C=O) groups excluding carboxylic acids is 1. The second-order valence-corrected chi connectivity index (χ2v) is 5.51. The lowest BCUT2D eigenvalue weighted by Crippen LogP contribution is -2.63. The number of aliphatic hydroxyl groups is 3. The minimum atomic E-state index is -1.24. The fraction of sp³-hybridized carbons (Fsp3) is 0.917. The van der Waals surface area contributed by atoms with Crippen molar-refractivity contribution in [2.24, 2.45) is 0 Å². The Kier molecular flexibility index (Phi) is 5.28. The zero-order valence-electron chi connectivity index (χ0n) is 11.7. The maximum atomic E-state index is 11.7. The van der Waals surface area contributed by atoms with E-state index < -0.39 is 42.2 Å². The average Bonchev–Trinajstić information content (AvgIpc) is 2.27. The van der Waals surface area contributed by atoms with Crippen molar-refractivity contribution >= 4 is 5.91 Å². The highest BCUT2D eigenvalue weighted by molar-refractivity contribution is 5.77. The molecule has 0 aromatic rings. The monoisotopic (exact) mass is 277 g/mol. The third-order valence-electron chi connectivity index (χ3n) is 3.00. The van der Waals surface area contributed by atoms with E-state index in [0.717, 1.165) is 0 Å². The van der Waals surface area contributed by atoms with E-state index in [1.165, 1.54) is 21.0 Å². The van der Waals surface area contributed by atoms with Gasteiger partial charge in [-0.15, -0.1) is 0 Å². The maximum Gasteiger partial charge on any atom is 0.223 e. The van der Waals surface area contributed by atoms with E-state index in [9.17, 15) is 20.1 Å². The number of methoxy groups -OCH3 is 1. The summed E-state index contributed by atoms with van der Waals surface area (Å²) in [5, 5.41) is 31.9. The molecule has 1 heterocycles. The number of aliphatic hydroxyl groups excluding tert-OH is 2. The predicted molar refractivity (Wildman–Crippen MR) is 66.2 cm³/mol. The topological polar surface area (TPSA) is 108 Å². The molecule has 4 N–H and O–H groups in total. The van der Waals surface area contributed by atoms with Crippen LogP contribution in [-0.4, -0.2) is 64.6 Å². The maximum absolute atomic E-state index is 11.7. The van der Waals surface area contributed by atoms with Crippen LogP contribution < -0.4 is 5.32 Å². The molecule has 0 aromatic carbocycles. The first-order valence-electron chi connectivity index (χ1n) is 6.22. The Labute approximate surface area is 112 Å². The van der Waals surface area contributed by atoms with Crippen molar-refractivity contribution in [3.8, 4) is 0 Å². The van der Waals surface area contributed by atoms with Crippen LogP contribution in [0, 0.1) is 0 Å². The van der Waals surface area contributed by atoms with Crippen molar-refractivity contribution in [2.75, 3.05) is 7.11 Å². The average molecular weight is 277 g/mol. The third kappa shape index (κ3) is 4.39. The molecule has 0 spiro atoms. The Hall–Kier alpha value is -0.730. The summed E-state index contributed by atoms with van der Waals surface area (Å²) in [4.78, 5) is 11.7. The zero-order chi connectivity index (χ0) is 14.8. The van der Waals surface area contributed by atoms with E-state index in [4.69, 9.17) is 9.47 Å². The lowest BCUT2D eigenvalue weighted by Gasteiger charge is -2.41. The number of hydrogen-bond acceptors (Lipinski definition) is 6. The zero-order valence-corrected chi connectivity index (χ0v) is 11.7. The summed E-state index contributed by atoms with van der Waals surface area (Å²) in [6.07, 6.45) is -3.98. The second kappa shape index (κ2) is 6.15. The molecule has 7 nitrogen and oxygen atoms in total. The highest BCUT2D eigenvalue weighted by Gasteiger charge is 2.43. The Morgan fingerprint density at radius 3 is 2.42 bits per heavy atom. The van der Waals surface area contributed by atoms with E-state index in [2.05, 4.69) is 5.32 Å². The van der Waals surface area contributed by atoms with Gasteiger partial charge in [0.25, 0.3) is 0 Å². The van der Waals surface area contributed by atoms with E-state index in [1.807, 2.05) is 0 Å². The Morgan fingerprint density at radius 2 is 1.95 bits per heavy atom. The molecule has 5 atom stereocenters. The smallest absolute Gasteiger partial charge is 0.223 e. The molecule has 0 saturated carbocycles. The molecule has 1 amide bonds. The molecular formula is C12H23NO6. The molecule has 1 aliphatic rings. The Morgan fingerprint density at radius 1 is 1.37 bits per heavy atom. The molecule has 1 fully saturated rings. The summed E-state index contributed by atoms with van der Waals surface area (Å²) in [7, 11) is 1.36. The van der Waals surface area contributed by atoms with Gasteiger partial charge in [-0.25, -0.2) is 0 Å². The van der Waals surface area contributed by atoms with Crippen LogP contribution in [0.5, 0.6) is 0 Å². The minimum Gasteiger partial charge on any atom is -0.390 e. The lowest BCUT2D eigenvalue weighted by atomic mass is 9.96. The van der Waals surface area contributed by atoms with Crippen LogP contribution in [0.4, 0.5) is 0 Å². The molecule has 0 aromatic heterocycles. The number of carbonyl (C=O) groups is 1. The summed E-state index contributed by atoms with van der Waals surface area (Å²) in [5.41, 5.74) is -1.14. The van der Waals surface area contributed by atoms with E-state index >= 15 is 0 Å². The number of nitrogens with one attached hydrogen (secondary N) is 1. The third-order valence-corrected chi connectivity index (χ3v) is 3.00. The van der Waals surface area contributed by atoms with Gasteiger partial charge in [-0.3, -0.25) is 4.79 Å². The summed E-state index contributed by atoms with van der Waals surface area (Å²) in [6.45, 7) is 4.69. The normalized spacial score (nSPS) is 36.1. The van der Waals surface area contributed by atoms with Gasteiger partial charge in [-0.1, -0.05) is 0 Å². The van der Waals surface area contributed by atoms with Crippen LogP contribution in [0.2, 0.25) is 0 Å². The van der Waals surface area contributed by atoms with Crippen molar-refractivity contribution in [3.05, 3.63) is 0 Å². The first-order valence-corrected chi connectivity index (χ1v) is 6.22. The lowest BCUT2D eigenvalue weighted by molar-refractivity contribution is -0.263. The molecule has 1 saturated heterocycles. The van der Waals surface area contributed by atoms with Crippen LogP contribution in [0.3, 0.4) is 0 Å². The Bertz CT molecular complexity index is 316. The quantitative estimate of drug-likeness (QED) is 0.511. The first-order chi connectivity index (χ1) is 8.65. The summed E-state index contributed by atoms with van der Waals surface area (Å²) in [6, 6.07) is -0.753. The van der Waals surface area contributed by atoms with Crippen molar-refractivity contribution in [1.29, 1.82) is 0 Å². The molecule has 0 unspecified atom stereocenters. The number of amides is 1. The van der Waals surface area contributed by atoms with Crippen LogP contribution in [0.25, 0.3) is 0 Å². The SMILES string of the molecule is CO[C@H]1O[C@H](C)[C@@H](NC(=O)CC(C)(C)O)[C@H](O)[C@H]1O. The fourth-order valence-corrected chi connectivity index (χ4v) is 2.06. The van der Waals surface area contributed by atoms with E-state index in [-0.39, 0.29) is 6.42 Å². The number of hydrogen-bond donors (Lipinski definition) is 4. The van der Waals surface area contributed by atoms with E-state index in [0.29, 0.717) is 0 Å². The standard InChI is InChI=1S/C12H23NO6/c1-6-8(13-7(14)5-12(2,3)17)9(15)10(16)11(18-4)19-6/h6,8-11,15-17H,5H2,1-4H3,(H,13,14)/t6-,8-,9+,10-,11+/m1/s1. The minimum absolute atomic E-state index is 0.104. The molecule has 0 radical (unpaired) electrons. The van der Waals surface area contributed by atoms with Crippen LogP contribution in [0.15, 0.2) is 0 Å². The molecule has 112 valence electrons. The summed E-state index contributed by atoms with van der Waals surface area (Å²) >= 11 is 0. The van der Waals surface area contributed by atoms with Gasteiger partial charge < -0.3 is 30.1 Å². The van der Waals surface area contributed by atoms with Crippen molar-refractivity contribution in [3.63, 3.8) is 0 Å². The predicted octanol–water partition coefficient (Wildman–Crippen LogP) is -1.25. The summed E-state index contributed by atoms with van der Waals surface area (Å²) < 4.78 is 10.2. The van der Waals surface area contributed by atoms with Gasteiger partial charge in [0.1, 0.15) is 12.2 Å². The van der Waals surface area contributed by atoms with Gasteiger partial charge in [0.05, 0.1) is 24.2 Å². The first kappa shape index (κ1) is 16.3. The van der Waals surface area contributed by atoms with Gasteiger partial charge in [-0.05, 0) is 20.8 Å². The van der Waals surface area contributed by atoms with Gasteiger partial charge in [-0.2, -0.15) is 0 Å². The second-order valence-electron chi connectivity index (χ2n) is 5.51. The highest BCUT2D eigenvalue weighted by Crippen LogP contribution is 2.21. The number of ether oxygens (including phenoxy) is 2. The molecule has 1 aliphatic heterocycles. The molecular weight excluding hydrogens is 254 g/mol. The summed E-state index contributed by atoms with van der Waals surface area (Å²) in [5.74, 6) is -0.421. The van der Waals surface area contributed by atoms with Gasteiger partial charge in [0.2, 0.25) is 5.91 Å². The van der Waals surface area contributed by atoms with Crippen LogP contribution >= 0.6 is 0 Å². The molecule has 7 heteroatoms. The fourth-order valence-electron chi connectivity index (χ4n) is 2.06. The largest absolute Gasteiger partial charge is 0.390 e. The highest BCUT2D eigenvalue weighted by atomic mass is 16.7. The van der Waals surface area contributed by atoms with Crippen molar-refractivity contribution < 1.29 is 29.6 Å². The van der Waals surface area contributed by atoms with Crippen LogP contribution in [-0.2, 0) is 14.3 Å². The molecule has 1 rings (SSSR count). The molecule has 0 bridgehead atoms. The Balaban J connectivity index is 2.65. The van der Waals surface area contributed by atoms with Gasteiger partial charge >= 0.3 is 0 Å².